The van der Waals surface area contributed by atoms with Crippen LogP contribution in [0.3, 0.4) is 0 Å². The van der Waals surface area contributed by atoms with Crippen molar-refractivity contribution in [3.05, 3.63) is 65.9 Å². The monoisotopic (exact) mass is 397 g/mol. The second kappa shape index (κ2) is 8.97. The highest BCUT2D eigenvalue weighted by Gasteiger charge is 2.33. The molecule has 5 nitrogen and oxygen atoms in total. The van der Waals surface area contributed by atoms with Crippen molar-refractivity contribution >= 4 is 35.6 Å². The van der Waals surface area contributed by atoms with Gasteiger partial charge in [-0.15, -0.1) is 0 Å². The Kier molecular flexibility index (Phi) is 6.41. The fraction of sp³-hybridized carbons (Fsp3) is 0.273. The molecule has 0 aliphatic heterocycles. The summed E-state index contributed by atoms with van der Waals surface area (Å²) in [5, 5.41) is 9.28. The number of aliphatic imine (C=N–C) groups is 1. The van der Waals surface area contributed by atoms with Crippen LogP contribution >= 0.6 is 12.6 Å². The predicted octanol–water partition coefficient (Wildman–Crippen LogP) is 4.92. The first-order chi connectivity index (χ1) is 13.5. The fourth-order valence-electron chi connectivity index (χ4n) is 3.05. The zero-order valence-electron chi connectivity index (χ0n) is 15.8. The Morgan fingerprint density at radius 1 is 1.18 bits per heavy atom. The van der Waals surface area contributed by atoms with Crippen LogP contribution in [0.15, 0.2) is 59.8 Å². The van der Waals surface area contributed by atoms with E-state index in [0.717, 1.165) is 35.6 Å². The van der Waals surface area contributed by atoms with Gasteiger partial charge in [-0.1, -0.05) is 24.3 Å². The first-order valence-corrected chi connectivity index (χ1v) is 9.53. The van der Waals surface area contributed by atoms with E-state index >= 15 is 0 Å². The lowest BCUT2D eigenvalue weighted by atomic mass is 9.94. The second-order valence-corrected chi connectivity index (χ2v) is 7.09. The molecule has 146 valence electrons. The molecular weight excluding hydrogens is 374 g/mol. The van der Waals surface area contributed by atoms with Crippen LogP contribution < -0.4 is 4.74 Å². The Balaban J connectivity index is 2.01. The molecule has 1 N–H and O–H groups in total. The maximum Gasteiger partial charge on any atom is 0.339 e. The number of nitrogens with zero attached hydrogens (tertiary/aromatic N) is 1. The molecule has 3 rings (SSSR count). The smallest absolute Gasteiger partial charge is 0.339 e. The molecule has 0 heterocycles. The number of ether oxygens (including phenoxy) is 2. The quantitative estimate of drug-likeness (QED) is 0.287. The molecule has 2 aromatic rings. The normalized spacial score (nSPS) is 15.8. The topological polar surface area (TPSA) is 68.1 Å². The molecule has 1 aliphatic rings. The average Bonchev–Trinajstić information content (AvgIpc) is 3.55. The number of hydrogen-bond donors (Lipinski definition) is 2. The van der Waals surface area contributed by atoms with Gasteiger partial charge in [0.1, 0.15) is 11.3 Å². The standard InChI is InChI=1S/C22H23NO4S/c1-26-13-19(22(24)25)17-5-3-4-6-18(17)21(28)20(14-7-8-14)23-15-9-11-16(27-2)12-10-15/h3-6,9-14,21,28H,7-8H2,1-2H3,(H,24,25). The maximum atomic E-state index is 11.7. The minimum atomic E-state index is -1.05. The summed E-state index contributed by atoms with van der Waals surface area (Å²) in [5.41, 5.74) is 3.25. The van der Waals surface area contributed by atoms with E-state index in [-0.39, 0.29) is 10.8 Å². The van der Waals surface area contributed by atoms with Crippen molar-refractivity contribution in [2.75, 3.05) is 14.2 Å². The third-order valence-corrected chi connectivity index (χ3v) is 5.16. The molecular formula is C22H23NO4S. The second-order valence-electron chi connectivity index (χ2n) is 6.57. The molecule has 0 spiro atoms. The zero-order valence-corrected chi connectivity index (χ0v) is 16.7. The average molecular weight is 397 g/mol. The van der Waals surface area contributed by atoms with Crippen molar-refractivity contribution < 1.29 is 19.4 Å². The van der Waals surface area contributed by atoms with Crippen LogP contribution in [0.25, 0.3) is 5.57 Å². The number of carbonyl (C=O) groups is 1. The van der Waals surface area contributed by atoms with Gasteiger partial charge in [-0.05, 0) is 54.2 Å². The van der Waals surface area contributed by atoms with Gasteiger partial charge in [0, 0.05) is 5.71 Å². The molecule has 1 unspecified atom stereocenters. The third kappa shape index (κ3) is 4.57. The summed E-state index contributed by atoms with van der Waals surface area (Å²) < 4.78 is 10.2. The lowest BCUT2D eigenvalue weighted by Crippen LogP contribution is -2.13. The van der Waals surface area contributed by atoms with Crippen molar-refractivity contribution in [2.45, 2.75) is 18.1 Å². The number of rotatable bonds is 8. The Hall–Kier alpha value is -2.73. The highest BCUT2D eigenvalue weighted by atomic mass is 32.1. The summed E-state index contributed by atoms with van der Waals surface area (Å²) in [6, 6.07) is 14.9. The molecule has 0 amide bonds. The minimum Gasteiger partial charge on any atom is -0.503 e. The van der Waals surface area contributed by atoms with E-state index in [0.29, 0.717) is 11.5 Å². The van der Waals surface area contributed by atoms with Gasteiger partial charge in [-0.2, -0.15) is 12.6 Å². The van der Waals surface area contributed by atoms with Gasteiger partial charge in [-0.3, -0.25) is 4.99 Å². The highest BCUT2D eigenvalue weighted by Crippen LogP contribution is 2.41. The molecule has 1 saturated carbocycles. The lowest BCUT2D eigenvalue weighted by molar-refractivity contribution is -0.130. The summed E-state index contributed by atoms with van der Waals surface area (Å²) in [5.74, 6) is 0.0859. The van der Waals surface area contributed by atoms with E-state index in [9.17, 15) is 9.90 Å². The van der Waals surface area contributed by atoms with E-state index in [1.807, 2.05) is 42.5 Å². The lowest BCUT2D eigenvalue weighted by Gasteiger charge is -2.18. The number of thiol groups is 1. The van der Waals surface area contributed by atoms with Crippen molar-refractivity contribution in [1.29, 1.82) is 0 Å². The number of methoxy groups -OCH3 is 2. The van der Waals surface area contributed by atoms with Crippen LogP contribution in [0.2, 0.25) is 0 Å². The van der Waals surface area contributed by atoms with Crippen molar-refractivity contribution in [1.82, 2.24) is 0 Å². The number of aliphatic carboxylic acids is 1. The Morgan fingerprint density at radius 3 is 2.43 bits per heavy atom. The number of carboxylic acid groups (broad SMARTS) is 1. The van der Waals surface area contributed by atoms with E-state index < -0.39 is 5.97 Å². The van der Waals surface area contributed by atoms with Crippen LogP contribution in [0.5, 0.6) is 5.75 Å². The van der Waals surface area contributed by atoms with Gasteiger partial charge in [0.25, 0.3) is 0 Å². The van der Waals surface area contributed by atoms with Gasteiger partial charge < -0.3 is 14.6 Å². The molecule has 1 fully saturated rings. The molecule has 6 heteroatoms. The van der Waals surface area contributed by atoms with Crippen molar-refractivity contribution in [3.8, 4) is 5.75 Å². The van der Waals surface area contributed by atoms with Crippen LogP contribution in [-0.4, -0.2) is 31.0 Å². The summed E-state index contributed by atoms with van der Waals surface area (Å²) >= 11 is 4.85. The maximum absolute atomic E-state index is 11.7. The van der Waals surface area contributed by atoms with Gasteiger partial charge in [-0.25, -0.2) is 4.79 Å². The Bertz CT molecular complexity index is 901. The molecule has 2 aromatic carbocycles. The van der Waals surface area contributed by atoms with E-state index in [1.165, 1.54) is 13.4 Å². The first kappa shape index (κ1) is 20.0. The molecule has 28 heavy (non-hydrogen) atoms. The Labute approximate surface area is 170 Å². The molecule has 0 aromatic heterocycles. The molecule has 0 bridgehead atoms. The highest BCUT2D eigenvalue weighted by molar-refractivity contribution is 7.81. The SMILES string of the molecule is COC=C(C(=O)O)c1ccccc1C(S)C(=Nc1ccc(OC)cc1)C1CC1. The number of hydrogen-bond acceptors (Lipinski definition) is 5. The van der Waals surface area contributed by atoms with Crippen LogP contribution in [0.4, 0.5) is 5.69 Å². The molecule has 1 aliphatic carbocycles. The van der Waals surface area contributed by atoms with E-state index in [1.54, 1.807) is 13.2 Å². The largest absolute Gasteiger partial charge is 0.503 e. The van der Waals surface area contributed by atoms with Gasteiger partial charge >= 0.3 is 5.97 Å². The number of benzene rings is 2. The van der Waals surface area contributed by atoms with E-state index in [2.05, 4.69) is 0 Å². The molecule has 1 atom stereocenters. The van der Waals surface area contributed by atoms with Gasteiger partial charge in [0.05, 0.1) is 31.4 Å². The first-order valence-electron chi connectivity index (χ1n) is 9.01. The van der Waals surface area contributed by atoms with Crippen molar-refractivity contribution in [3.63, 3.8) is 0 Å². The summed E-state index contributed by atoms with van der Waals surface area (Å²) in [6.45, 7) is 0. The van der Waals surface area contributed by atoms with E-state index in [4.69, 9.17) is 27.1 Å². The van der Waals surface area contributed by atoms with Crippen LogP contribution in [0.1, 0.15) is 29.2 Å². The van der Waals surface area contributed by atoms with Crippen molar-refractivity contribution in [2.24, 2.45) is 10.9 Å². The summed E-state index contributed by atoms with van der Waals surface area (Å²) in [4.78, 5) is 16.6. The summed E-state index contributed by atoms with van der Waals surface area (Å²) in [6.07, 6.45) is 3.38. The van der Waals surface area contributed by atoms with Gasteiger partial charge in [0.2, 0.25) is 0 Å². The molecule has 0 radical (unpaired) electrons. The Morgan fingerprint density at radius 2 is 1.86 bits per heavy atom. The summed E-state index contributed by atoms with van der Waals surface area (Å²) in [7, 11) is 3.06. The van der Waals surface area contributed by atoms with Gasteiger partial charge in [0.15, 0.2) is 0 Å². The van der Waals surface area contributed by atoms with Crippen LogP contribution in [0, 0.1) is 5.92 Å². The minimum absolute atomic E-state index is 0.0942. The predicted molar refractivity (Wildman–Crippen MR) is 114 cm³/mol. The van der Waals surface area contributed by atoms with Crippen LogP contribution in [-0.2, 0) is 9.53 Å². The molecule has 0 saturated heterocycles. The fourth-order valence-corrected chi connectivity index (χ4v) is 3.54. The third-order valence-electron chi connectivity index (χ3n) is 4.62. The zero-order chi connectivity index (χ0) is 20.1. The number of carboxylic acids is 1.